The molecule has 0 bridgehead atoms. The number of benzene rings is 1. The zero-order valence-electron chi connectivity index (χ0n) is 10.5. The summed E-state index contributed by atoms with van der Waals surface area (Å²) in [5.41, 5.74) is 1.12. The molecule has 0 aliphatic carbocycles. The van der Waals surface area contributed by atoms with Crippen LogP contribution in [0.15, 0.2) is 22.7 Å². The first-order chi connectivity index (χ1) is 8.76. The maximum Gasteiger partial charge on any atom is 0.133 e. The number of piperazine rings is 1. The van der Waals surface area contributed by atoms with Gasteiger partial charge in [-0.2, -0.15) is 0 Å². The molecule has 2 rings (SSSR count). The fourth-order valence-electron chi connectivity index (χ4n) is 2.32. The van der Waals surface area contributed by atoms with Gasteiger partial charge in [0.1, 0.15) is 5.75 Å². The minimum atomic E-state index is 0.0642. The Morgan fingerprint density at radius 2 is 2.17 bits per heavy atom. The number of halogens is 1. The second-order valence-electron chi connectivity index (χ2n) is 4.38. The van der Waals surface area contributed by atoms with Crippen LogP contribution in [0.25, 0.3) is 0 Å². The van der Waals surface area contributed by atoms with Gasteiger partial charge in [0.25, 0.3) is 0 Å². The van der Waals surface area contributed by atoms with Crippen LogP contribution in [-0.2, 0) is 0 Å². The first kappa shape index (κ1) is 13.8. The van der Waals surface area contributed by atoms with Crippen LogP contribution in [-0.4, -0.2) is 49.9 Å². The summed E-state index contributed by atoms with van der Waals surface area (Å²) >= 11 is 3.49. The molecule has 1 aliphatic rings. The third-order valence-corrected chi connectivity index (χ3v) is 3.95. The standard InChI is InChI=1S/C13H19BrN2O2/c1-18-13-3-2-10(8-11(13)14)12(9-17)16-6-4-15-5-7-16/h2-3,8,12,15,17H,4-7,9H2,1H3. The molecule has 4 nitrogen and oxygen atoms in total. The van der Waals surface area contributed by atoms with E-state index in [1.165, 1.54) is 0 Å². The Kier molecular flexibility index (Phi) is 5.00. The highest BCUT2D eigenvalue weighted by atomic mass is 79.9. The average molecular weight is 315 g/mol. The predicted octanol–water partition coefficient (Wildman–Crippen LogP) is 1.40. The minimum Gasteiger partial charge on any atom is -0.496 e. The average Bonchev–Trinajstić information content (AvgIpc) is 2.41. The Morgan fingerprint density at radius 1 is 1.44 bits per heavy atom. The topological polar surface area (TPSA) is 44.7 Å². The number of aliphatic hydroxyl groups is 1. The Bertz CT molecular complexity index is 395. The van der Waals surface area contributed by atoms with Gasteiger partial charge in [0.15, 0.2) is 0 Å². The van der Waals surface area contributed by atoms with Crippen LogP contribution < -0.4 is 10.1 Å². The molecule has 1 saturated heterocycles. The van der Waals surface area contributed by atoms with E-state index in [-0.39, 0.29) is 12.6 Å². The fourth-order valence-corrected chi connectivity index (χ4v) is 2.87. The SMILES string of the molecule is COc1ccc(C(CO)N2CCNCC2)cc1Br. The van der Waals surface area contributed by atoms with Crippen LogP contribution >= 0.6 is 15.9 Å². The molecular weight excluding hydrogens is 296 g/mol. The number of nitrogens with one attached hydrogen (secondary N) is 1. The van der Waals surface area contributed by atoms with Gasteiger partial charge in [-0.3, -0.25) is 4.90 Å². The Morgan fingerprint density at radius 3 is 2.72 bits per heavy atom. The lowest BCUT2D eigenvalue weighted by Gasteiger charge is -2.34. The van der Waals surface area contributed by atoms with Crippen LogP contribution in [0.5, 0.6) is 5.75 Å². The van der Waals surface area contributed by atoms with Gasteiger partial charge in [0, 0.05) is 26.2 Å². The largest absolute Gasteiger partial charge is 0.496 e. The van der Waals surface area contributed by atoms with Crippen molar-refractivity contribution in [2.45, 2.75) is 6.04 Å². The third kappa shape index (κ3) is 3.03. The lowest BCUT2D eigenvalue weighted by Crippen LogP contribution is -2.46. The van der Waals surface area contributed by atoms with Crippen molar-refractivity contribution < 1.29 is 9.84 Å². The Balaban J connectivity index is 2.18. The molecule has 0 amide bonds. The molecule has 1 aromatic carbocycles. The smallest absolute Gasteiger partial charge is 0.133 e. The third-order valence-electron chi connectivity index (χ3n) is 3.33. The number of methoxy groups -OCH3 is 1. The highest BCUT2D eigenvalue weighted by molar-refractivity contribution is 9.10. The lowest BCUT2D eigenvalue weighted by molar-refractivity contribution is 0.111. The fraction of sp³-hybridized carbons (Fsp3) is 0.538. The summed E-state index contributed by atoms with van der Waals surface area (Å²) in [6.45, 7) is 4.03. The summed E-state index contributed by atoms with van der Waals surface area (Å²) in [4.78, 5) is 2.31. The van der Waals surface area contributed by atoms with Crippen molar-refractivity contribution in [3.8, 4) is 5.75 Å². The molecule has 1 heterocycles. The summed E-state index contributed by atoms with van der Waals surface area (Å²) in [5, 5.41) is 13.0. The zero-order valence-corrected chi connectivity index (χ0v) is 12.1. The van der Waals surface area contributed by atoms with E-state index in [1.54, 1.807) is 7.11 Å². The second kappa shape index (κ2) is 6.52. The van der Waals surface area contributed by atoms with E-state index in [9.17, 15) is 5.11 Å². The van der Waals surface area contributed by atoms with E-state index >= 15 is 0 Å². The monoisotopic (exact) mass is 314 g/mol. The maximum absolute atomic E-state index is 9.64. The number of hydrogen-bond acceptors (Lipinski definition) is 4. The van der Waals surface area contributed by atoms with E-state index in [1.807, 2.05) is 18.2 Å². The van der Waals surface area contributed by atoms with Crippen molar-refractivity contribution in [3.05, 3.63) is 28.2 Å². The molecule has 18 heavy (non-hydrogen) atoms. The van der Waals surface area contributed by atoms with Gasteiger partial charge in [0.05, 0.1) is 24.2 Å². The van der Waals surface area contributed by atoms with Crippen LogP contribution in [0.3, 0.4) is 0 Å². The second-order valence-corrected chi connectivity index (χ2v) is 5.23. The zero-order chi connectivity index (χ0) is 13.0. The summed E-state index contributed by atoms with van der Waals surface area (Å²) in [7, 11) is 1.65. The highest BCUT2D eigenvalue weighted by Crippen LogP contribution is 2.30. The molecule has 1 unspecified atom stereocenters. The van der Waals surface area contributed by atoms with Gasteiger partial charge >= 0.3 is 0 Å². The van der Waals surface area contributed by atoms with Gasteiger partial charge in [-0.05, 0) is 33.6 Å². The van der Waals surface area contributed by atoms with Gasteiger partial charge in [-0.1, -0.05) is 6.07 Å². The van der Waals surface area contributed by atoms with Gasteiger partial charge in [0.2, 0.25) is 0 Å². The molecule has 0 aromatic heterocycles. The van der Waals surface area contributed by atoms with E-state index in [0.717, 1.165) is 42.0 Å². The van der Waals surface area contributed by atoms with Crippen molar-refractivity contribution >= 4 is 15.9 Å². The van der Waals surface area contributed by atoms with Gasteiger partial charge in [-0.25, -0.2) is 0 Å². The van der Waals surface area contributed by atoms with Crippen molar-refractivity contribution in [2.75, 3.05) is 39.9 Å². The van der Waals surface area contributed by atoms with Crippen molar-refractivity contribution in [3.63, 3.8) is 0 Å². The van der Waals surface area contributed by atoms with Crippen molar-refractivity contribution in [1.82, 2.24) is 10.2 Å². The molecule has 100 valence electrons. The van der Waals surface area contributed by atoms with Crippen LogP contribution in [0.2, 0.25) is 0 Å². The maximum atomic E-state index is 9.64. The molecule has 0 spiro atoms. The van der Waals surface area contributed by atoms with Gasteiger partial charge < -0.3 is 15.2 Å². The number of hydrogen-bond donors (Lipinski definition) is 2. The van der Waals surface area contributed by atoms with Gasteiger partial charge in [-0.15, -0.1) is 0 Å². The summed E-state index contributed by atoms with van der Waals surface area (Å²) in [5.74, 6) is 0.816. The van der Waals surface area contributed by atoms with Crippen LogP contribution in [0.1, 0.15) is 11.6 Å². The number of rotatable bonds is 4. The van der Waals surface area contributed by atoms with Crippen molar-refractivity contribution in [1.29, 1.82) is 0 Å². The van der Waals surface area contributed by atoms with E-state index < -0.39 is 0 Å². The van der Waals surface area contributed by atoms with Crippen molar-refractivity contribution in [2.24, 2.45) is 0 Å². The number of nitrogens with zero attached hydrogens (tertiary/aromatic N) is 1. The summed E-state index contributed by atoms with van der Waals surface area (Å²) in [6.07, 6.45) is 0. The van der Waals surface area contributed by atoms with E-state index in [2.05, 4.69) is 26.1 Å². The van der Waals surface area contributed by atoms with E-state index in [0.29, 0.717) is 0 Å². The molecule has 0 radical (unpaired) electrons. The Labute approximate surface area is 116 Å². The molecule has 1 atom stereocenters. The highest BCUT2D eigenvalue weighted by Gasteiger charge is 2.21. The van der Waals surface area contributed by atoms with Crippen LogP contribution in [0, 0.1) is 0 Å². The van der Waals surface area contributed by atoms with E-state index in [4.69, 9.17) is 4.74 Å². The summed E-state index contributed by atoms with van der Waals surface area (Å²) < 4.78 is 6.15. The molecule has 1 aliphatic heterocycles. The molecular formula is C13H19BrN2O2. The molecule has 5 heteroatoms. The molecule has 1 fully saturated rings. The van der Waals surface area contributed by atoms with Crippen LogP contribution in [0.4, 0.5) is 0 Å². The quantitative estimate of drug-likeness (QED) is 0.881. The number of aliphatic hydroxyl groups excluding tert-OH is 1. The molecule has 1 aromatic rings. The molecule has 0 saturated carbocycles. The normalized spacial score (nSPS) is 18.6. The lowest BCUT2D eigenvalue weighted by atomic mass is 10.1. The number of ether oxygens (including phenoxy) is 1. The summed E-state index contributed by atoms with van der Waals surface area (Å²) in [6, 6.07) is 6.05. The Hall–Kier alpha value is -0.620. The minimum absolute atomic E-state index is 0.0642. The predicted molar refractivity (Wildman–Crippen MR) is 75.0 cm³/mol. The first-order valence-corrected chi connectivity index (χ1v) is 6.94. The molecule has 2 N–H and O–H groups in total. The first-order valence-electron chi connectivity index (χ1n) is 6.15.